The smallest absolute Gasteiger partial charge is 0.307 e. The Morgan fingerprint density at radius 1 is 1.57 bits per heavy atom. The first kappa shape index (κ1) is 10.7. The molecule has 1 N–H and O–H groups in total. The largest absolute Gasteiger partial charge is 0.481 e. The molecule has 1 rings (SSSR count). The number of carboxylic acids is 1. The van der Waals surface area contributed by atoms with E-state index in [-0.39, 0.29) is 11.4 Å². The Hall–Kier alpha value is -1.35. The highest BCUT2D eigenvalue weighted by atomic mass is 35.5. The van der Waals surface area contributed by atoms with Crippen LogP contribution in [0, 0.1) is 5.82 Å². The molecule has 0 heterocycles. The summed E-state index contributed by atoms with van der Waals surface area (Å²) in [5.41, 5.74) is 0.480. The number of benzene rings is 1. The van der Waals surface area contributed by atoms with Crippen molar-refractivity contribution in [2.24, 2.45) is 0 Å². The highest BCUT2D eigenvalue weighted by molar-refractivity contribution is 6.32. The minimum atomic E-state index is -0.936. The van der Waals surface area contributed by atoms with Gasteiger partial charge in [-0.1, -0.05) is 35.9 Å². The van der Waals surface area contributed by atoms with Crippen LogP contribution in [-0.4, -0.2) is 11.1 Å². The number of aliphatic carboxylic acids is 1. The second-order valence-corrected chi connectivity index (χ2v) is 3.02. The number of carbonyl (C=O) groups is 1. The first-order valence-electron chi connectivity index (χ1n) is 3.93. The molecule has 74 valence electrons. The third-order valence-electron chi connectivity index (χ3n) is 1.57. The van der Waals surface area contributed by atoms with E-state index in [1.54, 1.807) is 6.07 Å². The van der Waals surface area contributed by atoms with Gasteiger partial charge in [0, 0.05) is 0 Å². The Morgan fingerprint density at radius 3 is 2.93 bits per heavy atom. The number of rotatable bonds is 3. The molecule has 0 aliphatic rings. The van der Waals surface area contributed by atoms with E-state index < -0.39 is 11.8 Å². The van der Waals surface area contributed by atoms with Crippen LogP contribution in [0.1, 0.15) is 12.0 Å². The molecule has 0 amide bonds. The fourth-order valence-electron chi connectivity index (χ4n) is 0.936. The predicted molar refractivity (Wildman–Crippen MR) is 52.7 cm³/mol. The lowest BCUT2D eigenvalue weighted by Gasteiger charge is -1.97. The van der Waals surface area contributed by atoms with Gasteiger partial charge in [0.2, 0.25) is 0 Å². The molecule has 0 fully saturated rings. The fourth-order valence-corrected chi connectivity index (χ4v) is 1.12. The third-order valence-corrected chi connectivity index (χ3v) is 1.97. The van der Waals surface area contributed by atoms with Gasteiger partial charge in [0.15, 0.2) is 0 Å². The van der Waals surface area contributed by atoms with Gasteiger partial charge in [-0.15, -0.1) is 0 Å². The lowest BCUT2D eigenvalue weighted by atomic mass is 10.2. The van der Waals surface area contributed by atoms with Crippen LogP contribution >= 0.6 is 11.6 Å². The van der Waals surface area contributed by atoms with Gasteiger partial charge < -0.3 is 5.11 Å². The summed E-state index contributed by atoms with van der Waals surface area (Å²) in [4.78, 5) is 10.2. The summed E-state index contributed by atoms with van der Waals surface area (Å²) in [6, 6.07) is 4.38. The van der Waals surface area contributed by atoms with E-state index in [2.05, 4.69) is 0 Å². The fraction of sp³-hybridized carbons (Fsp3) is 0.100. The van der Waals surface area contributed by atoms with Gasteiger partial charge in [0.05, 0.1) is 11.4 Å². The normalized spacial score (nSPS) is 10.7. The van der Waals surface area contributed by atoms with Crippen LogP contribution in [0.3, 0.4) is 0 Å². The SMILES string of the molecule is O=C(O)CC=Cc1cccc(F)c1Cl. The minimum absolute atomic E-state index is 0.00846. The van der Waals surface area contributed by atoms with Crippen molar-refractivity contribution in [3.63, 3.8) is 0 Å². The molecule has 0 unspecified atom stereocenters. The molecule has 0 atom stereocenters. The van der Waals surface area contributed by atoms with E-state index in [0.29, 0.717) is 5.56 Å². The highest BCUT2D eigenvalue weighted by Crippen LogP contribution is 2.20. The van der Waals surface area contributed by atoms with Crippen LogP contribution in [0.4, 0.5) is 4.39 Å². The highest BCUT2D eigenvalue weighted by Gasteiger charge is 2.01. The molecule has 0 aromatic heterocycles. The number of hydrogen-bond donors (Lipinski definition) is 1. The molecule has 2 nitrogen and oxygen atoms in total. The van der Waals surface area contributed by atoms with Crippen LogP contribution in [0.25, 0.3) is 6.08 Å². The number of halogens is 2. The first-order chi connectivity index (χ1) is 6.61. The van der Waals surface area contributed by atoms with Crippen molar-refractivity contribution < 1.29 is 14.3 Å². The van der Waals surface area contributed by atoms with Gasteiger partial charge in [-0.05, 0) is 11.6 Å². The molecule has 14 heavy (non-hydrogen) atoms. The van der Waals surface area contributed by atoms with Crippen LogP contribution in [0.2, 0.25) is 5.02 Å². The van der Waals surface area contributed by atoms with Crippen LogP contribution < -0.4 is 0 Å². The van der Waals surface area contributed by atoms with Crippen LogP contribution in [0.5, 0.6) is 0 Å². The average Bonchev–Trinajstić information content (AvgIpc) is 2.12. The van der Waals surface area contributed by atoms with Gasteiger partial charge in [-0.25, -0.2) is 4.39 Å². The number of carboxylic acid groups (broad SMARTS) is 1. The second kappa shape index (κ2) is 4.77. The Morgan fingerprint density at radius 2 is 2.29 bits per heavy atom. The lowest BCUT2D eigenvalue weighted by Crippen LogP contribution is -1.89. The van der Waals surface area contributed by atoms with E-state index in [9.17, 15) is 9.18 Å². The molecule has 0 spiro atoms. The van der Waals surface area contributed by atoms with E-state index in [1.807, 2.05) is 0 Å². The summed E-state index contributed by atoms with van der Waals surface area (Å²) in [5.74, 6) is -1.45. The zero-order valence-electron chi connectivity index (χ0n) is 7.21. The average molecular weight is 215 g/mol. The quantitative estimate of drug-likeness (QED) is 0.840. The van der Waals surface area contributed by atoms with E-state index in [0.717, 1.165) is 0 Å². The van der Waals surface area contributed by atoms with Gasteiger partial charge in [0.25, 0.3) is 0 Å². The third kappa shape index (κ3) is 2.85. The maximum Gasteiger partial charge on any atom is 0.307 e. The van der Waals surface area contributed by atoms with Crippen molar-refractivity contribution in [1.82, 2.24) is 0 Å². The number of hydrogen-bond acceptors (Lipinski definition) is 1. The van der Waals surface area contributed by atoms with Crippen molar-refractivity contribution in [2.75, 3.05) is 0 Å². The van der Waals surface area contributed by atoms with Crippen molar-refractivity contribution >= 4 is 23.6 Å². The monoisotopic (exact) mass is 214 g/mol. The molecule has 4 heteroatoms. The molecule has 1 aromatic rings. The molecule has 0 radical (unpaired) electrons. The molecule has 0 aliphatic heterocycles. The van der Waals surface area contributed by atoms with Crippen molar-refractivity contribution in [3.05, 3.63) is 40.7 Å². The molecule has 0 saturated heterocycles. The summed E-state index contributed by atoms with van der Waals surface area (Å²) in [6.07, 6.45) is 2.80. The van der Waals surface area contributed by atoms with E-state index in [4.69, 9.17) is 16.7 Å². The van der Waals surface area contributed by atoms with Crippen LogP contribution in [-0.2, 0) is 4.79 Å². The van der Waals surface area contributed by atoms with Crippen molar-refractivity contribution in [1.29, 1.82) is 0 Å². The Kier molecular flexibility index (Phi) is 3.65. The van der Waals surface area contributed by atoms with Gasteiger partial charge in [-0.3, -0.25) is 4.79 Å². The zero-order valence-corrected chi connectivity index (χ0v) is 7.96. The Balaban J connectivity index is 2.81. The van der Waals surface area contributed by atoms with Gasteiger partial charge >= 0.3 is 5.97 Å². The molecule has 1 aromatic carbocycles. The summed E-state index contributed by atoms with van der Waals surface area (Å²) < 4.78 is 12.9. The van der Waals surface area contributed by atoms with Gasteiger partial charge in [-0.2, -0.15) is 0 Å². The molecule has 0 saturated carbocycles. The van der Waals surface area contributed by atoms with Crippen LogP contribution in [0.15, 0.2) is 24.3 Å². The standard InChI is InChI=1S/C10H8ClFO2/c11-10-7(3-1-5-8(10)12)4-2-6-9(13)14/h1-5H,6H2,(H,13,14). The maximum atomic E-state index is 12.9. The molecule has 0 aliphatic carbocycles. The summed E-state index contributed by atoms with van der Waals surface area (Å²) in [6.45, 7) is 0. The zero-order chi connectivity index (χ0) is 10.6. The summed E-state index contributed by atoms with van der Waals surface area (Å²) >= 11 is 5.63. The van der Waals surface area contributed by atoms with E-state index >= 15 is 0 Å². The predicted octanol–water partition coefficient (Wildman–Crippen LogP) is 2.97. The summed E-state index contributed by atoms with van der Waals surface area (Å²) in [7, 11) is 0. The maximum absolute atomic E-state index is 12.9. The summed E-state index contributed by atoms with van der Waals surface area (Å²) in [5, 5.41) is 8.37. The van der Waals surface area contributed by atoms with E-state index in [1.165, 1.54) is 24.3 Å². The molecular weight excluding hydrogens is 207 g/mol. The Labute approximate surface area is 85.6 Å². The first-order valence-corrected chi connectivity index (χ1v) is 4.31. The van der Waals surface area contributed by atoms with Crippen molar-refractivity contribution in [2.45, 2.75) is 6.42 Å². The minimum Gasteiger partial charge on any atom is -0.481 e. The second-order valence-electron chi connectivity index (χ2n) is 2.64. The lowest BCUT2D eigenvalue weighted by molar-refractivity contribution is -0.135. The topological polar surface area (TPSA) is 37.3 Å². The van der Waals surface area contributed by atoms with Crippen molar-refractivity contribution in [3.8, 4) is 0 Å². The molecular formula is C10H8ClFO2. The molecule has 0 bridgehead atoms. The van der Waals surface area contributed by atoms with Gasteiger partial charge in [0.1, 0.15) is 5.82 Å². The Bertz CT molecular complexity index is 374.